The number of hydrogen-bond donors (Lipinski definition) is 1. The molecule has 0 saturated carbocycles. The molecule has 1 aliphatic rings. The minimum absolute atomic E-state index is 0.0128. The summed E-state index contributed by atoms with van der Waals surface area (Å²) in [6.07, 6.45) is 0.541. The molecule has 1 saturated heterocycles. The summed E-state index contributed by atoms with van der Waals surface area (Å²) in [6.45, 7) is 2.63. The van der Waals surface area contributed by atoms with E-state index in [0.717, 1.165) is 23.1 Å². The number of rotatable bonds is 12. The summed E-state index contributed by atoms with van der Waals surface area (Å²) in [5.41, 5.74) is 2.62. The van der Waals surface area contributed by atoms with Crippen LogP contribution in [0.2, 0.25) is 0 Å². The largest absolute Gasteiger partial charge is 0.493 e. The Morgan fingerprint density at radius 2 is 1.55 bits per heavy atom. The molecule has 3 aromatic rings. The van der Waals surface area contributed by atoms with Crippen LogP contribution >= 0.6 is 0 Å². The van der Waals surface area contributed by atoms with E-state index in [4.69, 9.17) is 18.9 Å². The van der Waals surface area contributed by atoms with E-state index in [2.05, 4.69) is 5.32 Å². The Labute approximate surface area is 224 Å². The van der Waals surface area contributed by atoms with E-state index in [1.54, 1.807) is 21.1 Å². The number of ketones is 1. The highest BCUT2D eigenvalue weighted by Crippen LogP contribution is 2.38. The molecule has 3 atom stereocenters. The van der Waals surface area contributed by atoms with Gasteiger partial charge in [0.25, 0.3) is 0 Å². The van der Waals surface area contributed by atoms with Crippen molar-refractivity contribution in [3.8, 4) is 11.5 Å². The Morgan fingerprint density at radius 1 is 0.895 bits per heavy atom. The van der Waals surface area contributed by atoms with E-state index in [1.165, 1.54) is 0 Å². The Bertz CT molecular complexity index is 1160. The van der Waals surface area contributed by atoms with E-state index >= 15 is 0 Å². The molecule has 4 rings (SSSR count). The van der Waals surface area contributed by atoms with Crippen molar-refractivity contribution in [2.75, 3.05) is 27.4 Å². The van der Waals surface area contributed by atoms with E-state index in [1.807, 2.05) is 78.9 Å². The monoisotopic (exact) mass is 517 g/mol. The zero-order valence-corrected chi connectivity index (χ0v) is 22.1. The van der Waals surface area contributed by atoms with Crippen LogP contribution in [0.15, 0.2) is 78.9 Å². The molecule has 3 aromatic carbocycles. The van der Waals surface area contributed by atoms with Crippen LogP contribution < -0.4 is 14.8 Å². The molecular weight excluding hydrogens is 482 g/mol. The van der Waals surface area contributed by atoms with E-state index in [9.17, 15) is 9.59 Å². The van der Waals surface area contributed by atoms with Crippen LogP contribution in [0.5, 0.6) is 11.5 Å². The molecule has 0 spiro atoms. The van der Waals surface area contributed by atoms with Gasteiger partial charge in [-0.25, -0.2) is 0 Å². The number of carbonyl (C=O) groups excluding carboxylic acids is 2. The average molecular weight is 518 g/mol. The molecule has 0 aliphatic carbocycles. The summed E-state index contributed by atoms with van der Waals surface area (Å²) >= 11 is 0. The lowest BCUT2D eigenvalue weighted by molar-refractivity contribution is -0.149. The van der Waals surface area contributed by atoms with Crippen LogP contribution in [-0.2, 0) is 19.1 Å². The Morgan fingerprint density at radius 3 is 2.13 bits per heavy atom. The number of nitrogens with one attached hydrogen (secondary N) is 1. The molecule has 0 aromatic heterocycles. The standard InChI is InChI=1S/C31H35NO6/c1-21(33)25-20-26(31(34)38-30(22-11-6-4-7-12-22)23-13-8-5-9-14-23)32-29(25)24-15-16-27(36-3)28(19-24)37-18-10-17-35-2/h4-9,11-16,19,25-26,29-30,32H,10,17-18,20H2,1-3H3. The van der Waals surface area contributed by atoms with Crippen molar-refractivity contribution in [1.29, 1.82) is 0 Å². The van der Waals surface area contributed by atoms with Crippen molar-refractivity contribution in [3.05, 3.63) is 95.6 Å². The van der Waals surface area contributed by atoms with Crippen molar-refractivity contribution >= 4 is 11.8 Å². The van der Waals surface area contributed by atoms with Gasteiger partial charge in [-0.05, 0) is 42.2 Å². The van der Waals surface area contributed by atoms with Gasteiger partial charge in [0.1, 0.15) is 11.8 Å². The third-order valence-electron chi connectivity index (χ3n) is 6.82. The molecule has 7 nitrogen and oxygen atoms in total. The Hall–Kier alpha value is -3.68. The quantitative estimate of drug-likeness (QED) is 0.266. The van der Waals surface area contributed by atoms with Crippen LogP contribution in [-0.4, -0.2) is 45.2 Å². The minimum Gasteiger partial charge on any atom is -0.493 e. The summed E-state index contributed by atoms with van der Waals surface area (Å²) in [5.74, 6) is 0.437. The third-order valence-corrected chi connectivity index (χ3v) is 6.82. The zero-order valence-electron chi connectivity index (χ0n) is 22.1. The van der Waals surface area contributed by atoms with Crippen LogP contribution in [0.3, 0.4) is 0 Å². The average Bonchev–Trinajstić information content (AvgIpc) is 3.41. The van der Waals surface area contributed by atoms with Gasteiger partial charge in [-0.2, -0.15) is 0 Å². The number of esters is 1. The SMILES string of the molecule is COCCCOc1cc(C2NC(C(=O)OC(c3ccccc3)c3ccccc3)CC2C(C)=O)ccc1OC. The van der Waals surface area contributed by atoms with Crippen LogP contribution in [0.1, 0.15) is 48.6 Å². The number of benzene rings is 3. The smallest absolute Gasteiger partial charge is 0.324 e. The van der Waals surface area contributed by atoms with Crippen molar-refractivity contribution < 1.29 is 28.5 Å². The van der Waals surface area contributed by atoms with Crippen LogP contribution in [0.4, 0.5) is 0 Å². The normalized spacial score (nSPS) is 18.8. The topological polar surface area (TPSA) is 83.1 Å². The van der Waals surface area contributed by atoms with Gasteiger partial charge in [-0.1, -0.05) is 66.7 Å². The van der Waals surface area contributed by atoms with Crippen molar-refractivity contribution in [1.82, 2.24) is 5.32 Å². The predicted molar refractivity (Wildman–Crippen MR) is 144 cm³/mol. The second-order valence-electron chi connectivity index (χ2n) is 9.39. The second kappa shape index (κ2) is 13.2. The van der Waals surface area contributed by atoms with Crippen molar-refractivity contribution in [3.63, 3.8) is 0 Å². The summed E-state index contributed by atoms with van der Waals surface area (Å²) in [4.78, 5) is 26.1. The maximum absolute atomic E-state index is 13.5. The molecule has 200 valence electrons. The van der Waals surface area contributed by atoms with Gasteiger partial charge in [0.2, 0.25) is 0 Å². The van der Waals surface area contributed by atoms with E-state index in [0.29, 0.717) is 31.1 Å². The molecule has 3 unspecified atom stereocenters. The highest BCUT2D eigenvalue weighted by atomic mass is 16.5. The van der Waals surface area contributed by atoms with E-state index < -0.39 is 12.1 Å². The maximum Gasteiger partial charge on any atom is 0.324 e. The van der Waals surface area contributed by atoms with Gasteiger partial charge in [-0.3, -0.25) is 14.9 Å². The first-order valence-corrected chi connectivity index (χ1v) is 12.9. The molecule has 0 bridgehead atoms. The van der Waals surface area contributed by atoms with Crippen molar-refractivity contribution in [2.45, 2.75) is 38.0 Å². The van der Waals surface area contributed by atoms with Gasteiger partial charge in [0.05, 0.1) is 13.7 Å². The molecule has 0 radical (unpaired) electrons. The molecule has 1 aliphatic heterocycles. The number of ether oxygens (including phenoxy) is 4. The fourth-order valence-corrected chi connectivity index (χ4v) is 4.85. The van der Waals surface area contributed by atoms with Gasteiger partial charge in [-0.15, -0.1) is 0 Å². The second-order valence-corrected chi connectivity index (χ2v) is 9.39. The lowest BCUT2D eigenvalue weighted by Gasteiger charge is -2.22. The maximum atomic E-state index is 13.5. The molecule has 1 N–H and O–H groups in total. The third kappa shape index (κ3) is 6.60. The number of Topliss-reactive ketones (excluding diaryl/α,β-unsaturated/α-hetero) is 1. The van der Waals surface area contributed by atoms with Crippen LogP contribution in [0.25, 0.3) is 0 Å². The zero-order chi connectivity index (χ0) is 26.9. The number of carbonyl (C=O) groups is 2. The lowest BCUT2D eigenvalue weighted by atomic mass is 9.90. The molecule has 0 amide bonds. The number of methoxy groups -OCH3 is 2. The fraction of sp³-hybridized carbons (Fsp3) is 0.355. The fourth-order valence-electron chi connectivity index (χ4n) is 4.85. The van der Waals surface area contributed by atoms with Gasteiger partial charge in [0, 0.05) is 32.1 Å². The number of hydrogen-bond acceptors (Lipinski definition) is 7. The van der Waals surface area contributed by atoms with Gasteiger partial charge >= 0.3 is 5.97 Å². The van der Waals surface area contributed by atoms with Crippen molar-refractivity contribution in [2.24, 2.45) is 5.92 Å². The first kappa shape index (κ1) is 27.4. The molecule has 38 heavy (non-hydrogen) atoms. The molecular formula is C31H35NO6. The highest BCUT2D eigenvalue weighted by Gasteiger charge is 2.42. The first-order valence-electron chi connectivity index (χ1n) is 12.9. The van der Waals surface area contributed by atoms with Gasteiger partial charge in [0.15, 0.2) is 17.6 Å². The highest BCUT2D eigenvalue weighted by molar-refractivity contribution is 5.83. The summed E-state index contributed by atoms with van der Waals surface area (Å²) in [7, 11) is 3.24. The van der Waals surface area contributed by atoms with Gasteiger partial charge < -0.3 is 18.9 Å². The molecule has 1 fully saturated rings. The molecule has 7 heteroatoms. The molecule has 1 heterocycles. The Balaban J connectivity index is 1.54. The summed E-state index contributed by atoms with van der Waals surface area (Å²) in [6, 6.07) is 24.0. The first-order chi connectivity index (χ1) is 18.5. The predicted octanol–water partition coefficient (Wildman–Crippen LogP) is 5.05. The minimum atomic E-state index is -0.628. The lowest BCUT2D eigenvalue weighted by Crippen LogP contribution is -2.34. The Kier molecular flexibility index (Phi) is 9.51. The summed E-state index contributed by atoms with van der Waals surface area (Å²) < 4.78 is 22.6. The van der Waals surface area contributed by atoms with E-state index in [-0.39, 0.29) is 23.7 Å². The van der Waals surface area contributed by atoms with Crippen LogP contribution in [0, 0.1) is 5.92 Å². The summed E-state index contributed by atoms with van der Waals surface area (Å²) in [5, 5.41) is 3.38.